The van der Waals surface area contributed by atoms with Gasteiger partial charge in [0.15, 0.2) is 0 Å². The third kappa shape index (κ3) is 8.22. The van der Waals surface area contributed by atoms with E-state index in [1.807, 2.05) is 20.8 Å². The zero-order valence-electron chi connectivity index (χ0n) is 13.5. The highest BCUT2D eigenvalue weighted by atomic mass is 16.5. The summed E-state index contributed by atoms with van der Waals surface area (Å²) in [5, 5.41) is 3.25. The van der Waals surface area contributed by atoms with Crippen LogP contribution in [-0.2, 0) is 9.53 Å². The summed E-state index contributed by atoms with van der Waals surface area (Å²) in [4.78, 5) is 11.5. The van der Waals surface area contributed by atoms with E-state index in [0.717, 1.165) is 12.8 Å². The fourth-order valence-corrected chi connectivity index (χ4v) is 2.35. The third-order valence-corrected chi connectivity index (χ3v) is 3.18. The Balaban J connectivity index is 4.04. The van der Waals surface area contributed by atoms with E-state index in [-0.39, 0.29) is 18.1 Å². The average molecular weight is 272 g/mol. The molecule has 2 unspecified atom stereocenters. The number of nitrogens with one attached hydrogen (secondary N) is 1. The molecule has 3 N–H and O–H groups in total. The zero-order chi connectivity index (χ0) is 15.1. The molecule has 0 rings (SSSR count). The fourth-order valence-electron chi connectivity index (χ4n) is 2.35. The molecule has 114 valence electrons. The predicted octanol–water partition coefficient (Wildman–Crippen LogP) is 2.46. The SMILES string of the molecule is CC(C)CC(C)OCCCC(C)(NC(C)C)C(N)=O. The maximum absolute atomic E-state index is 11.5. The van der Waals surface area contributed by atoms with Crippen LogP contribution in [0, 0.1) is 5.92 Å². The Morgan fingerprint density at radius 2 is 1.84 bits per heavy atom. The number of hydrogen-bond acceptors (Lipinski definition) is 3. The summed E-state index contributed by atoms with van der Waals surface area (Å²) in [6, 6.07) is 0.235. The first-order chi connectivity index (χ1) is 8.67. The van der Waals surface area contributed by atoms with Crippen molar-refractivity contribution in [1.29, 1.82) is 0 Å². The molecule has 0 spiro atoms. The molecule has 0 aliphatic heterocycles. The molecule has 0 aliphatic carbocycles. The molecule has 2 atom stereocenters. The van der Waals surface area contributed by atoms with Gasteiger partial charge in [0, 0.05) is 12.6 Å². The van der Waals surface area contributed by atoms with Crippen LogP contribution in [-0.4, -0.2) is 30.2 Å². The van der Waals surface area contributed by atoms with E-state index in [4.69, 9.17) is 10.5 Å². The highest BCUT2D eigenvalue weighted by Crippen LogP contribution is 2.14. The summed E-state index contributed by atoms with van der Waals surface area (Å²) in [5.41, 5.74) is 4.84. The summed E-state index contributed by atoms with van der Waals surface area (Å²) in [5.74, 6) is 0.352. The third-order valence-electron chi connectivity index (χ3n) is 3.18. The van der Waals surface area contributed by atoms with E-state index in [1.165, 1.54) is 0 Å². The van der Waals surface area contributed by atoms with Crippen molar-refractivity contribution in [2.24, 2.45) is 11.7 Å². The number of ether oxygens (including phenoxy) is 1. The minimum absolute atomic E-state index is 0.235. The molecule has 0 aromatic carbocycles. The van der Waals surface area contributed by atoms with Crippen molar-refractivity contribution < 1.29 is 9.53 Å². The van der Waals surface area contributed by atoms with Gasteiger partial charge in [-0.05, 0) is 52.9 Å². The molecule has 0 aromatic rings. The van der Waals surface area contributed by atoms with Crippen molar-refractivity contribution in [3.63, 3.8) is 0 Å². The number of rotatable bonds is 10. The van der Waals surface area contributed by atoms with Crippen molar-refractivity contribution in [3.05, 3.63) is 0 Å². The second-order valence-electron chi connectivity index (χ2n) is 6.41. The van der Waals surface area contributed by atoms with Crippen LogP contribution in [0.5, 0.6) is 0 Å². The van der Waals surface area contributed by atoms with E-state index in [0.29, 0.717) is 18.9 Å². The van der Waals surface area contributed by atoms with Gasteiger partial charge in [-0.3, -0.25) is 4.79 Å². The number of carbonyl (C=O) groups excluding carboxylic acids is 1. The number of primary amides is 1. The van der Waals surface area contributed by atoms with Gasteiger partial charge in [0.2, 0.25) is 5.91 Å². The smallest absolute Gasteiger partial charge is 0.237 e. The summed E-state index contributed by atoms with van der Waals surface area (Å²) < 4.78 is 5.75. The lowest BCUT2D eigenvalue weighted by atomic mass is 9.94. The van der Waals surface area contributed by atoms with Crippen LogP contribution in [0.1, 0.15) is 60.8 Å². The lowest BCUT2D eigenvalue weighted by molar-refractivity contribution is -0.124. The Hall–Kier alpha value is -0.610. The summed E-state index contributed by atoms with van der Waals surface area (Å²) in [6.07, 6.45) is 2.88. The molecule has 0 aliphatic rings. The van der Waals surface area contributed by atoms with Crippen molar-refractivity contribution in [2.45, 2.75) is 78.5 Å². The molecule has 0 fully saturated rings. The van der Waals surface area contributed by atoms with Gasteiger partial charge >= 0.3 is 0 Å². The first kappa shape index (κ1) is 18.4. The molecule has 0 saturated heterocycles. The van der Waals surface area contributed by atoms with Gasteiger partial charge in [-0.1, -0.05) is 13.8 Å². The van der Waals surface area contributed by atoms with Crippen LogP contribution in [0.15, 0.2) is 0 Å². The van der Waals surface area contributed by atoms with Gasteiger partial charge < -0.3 is 15.8 Å². The van der Waals surface area contributed by atoms with Crippen LogP contribution in [0.3, 0.4) is 0 Å². The number of amides is 1. The monoisotopic (exact) mass is 272 g/mol. The predicted molar refractivity (Wildman–Crippen MR) is 80.0 cm³/mol. The van der Waals surface area contributed by atoms with Gasteiger partial charge in [-0.15, -0.1) is 0 Å². The average Bonchev–Trinajstić information content (AvgIpc) is 2.22. The first-order valence-corrected chi connectivity index (χ1v) is 7.36. The standard InChI is InChI=1S/C15H32N2O2/c1-11(2)10-13(5)19-9-7-8-15(6,14(16)18)17-12(3)4/h11-13,17H,7-10H2,1-6H3,(H2,16,18). The van der Waals surface area contributed by atoms with Gasteiger partial charge in [0.25, 0.3) is 0 Å². The van der Waals surface area contributed by atoms with Crippen LogP contribution < -0.4 is 11.1 Å². The van der Waals surface area contributed by atoms with Gasteiger partial charge in [0.05, 0.1) is 11.6 Å². The summed E-state index contributed by atoms with van der Waals surface area (Å²) in [7, 11) is 0. The number of nitrogens with two attached hydrogens (primary N) is 1. The second-order valence-corrected chi connectivity index (χ2v) is 6.41. The molecule has 0 heterocycles. The molecule has 4 nitrogen and oxygen atoms in total. The van der Waals surface area contributed by atoms with Crippen molar-refractivity contribution >= 4 is 5.91 Å². The van der Waals surface area contributed by atoms with Gasteiger partial charge in [-0.25, -0.2) is 0 Å². The Morgan fingerprint density at radius 1 is 1.26 bits per heavy atom. The molecular formula is C15H32N2O2. The van der Waals surface area contributed by atoms with E-state index in [9.17, 15) is 4.79 Å². The van der Waals surface area contributed by atoms with E-state index >= 15 is 0 Å². The van der Waals surface area contributed by atoms with Crippen molar-refractivity contribution in [2.75, 3.05) is 6.61 Å². The molecule has 4 heteroatoms. The van der Waals surface area contributed by atoms with Gasteiger partial charge in [-0.2, -0.15) is 0 Å². The first-order valence-electron chi connectivity index (χ1n) is 7.36. The lowest BCUT2D eigenvalue weighted by Crippen LogP contribution is -2.55. The number of carbonyl (C=O) groups is 1. The van der Waals surface area contributed by atoms with Crippen molar-refractivity contribution in [1.82, 2.24) is 5.32 Å². The maximum Gasteiger partial charge on any atom is 0.237 e. The molecule has 19 heavy (non-hydrogen) atoms. The molecule has 1 amide bonds. The Bertz CT molecular complexity index is 267. The quantitative estimate of drug-likeness (QED) is 0.600. The van der Waals surface area contributed by atoms with Crippen LogP contribution in [0.4, 0.5) is 0 Å². The lowest BCUT2D eigenvalue weighted by Gasteiger charge is -2.30. The van der Waals surface area contributed by atoms with Gasteiger partial charge in [0.1, 0.15) is 0 Å². The van der Waals surface area contributed by atoms with E-state index in [2.05, 4.69) is 26.1 Å². The normalized spacial score (nSPS) is 16.6. The molecule has 0 saturated carbocycles. The Kier molecular flexibility index (Phi) is 8.26. The topological polar surface area (TPSA) is 64.3 Å². The summed E-state index contributed by atoms with van der Waals surface area (Å²) >= 11 is 0. The largest absolute Gasteiger partial charge is 0.378 e. The van der Waals surface area contributed by atoms with Crippen LogP contribution in [0.2, 0.25) is 0 Å². The maximum atomic E-state index is 11.5. The second kappa shape index (κ2) is 8.54. The van der Waals surface area contributed by atoms with E-state index in [1.54, 1.807) is 0 Å². The highest BCUT2D eigenvalue weighted by Gasteiger charge is 2.30. The summed E-state index contributed by atoms with van der Waals surface area (Å²) in [6.45, 7) is 13.1. The molecular weight excluding hydrogens is 240 g/mol. The number of hydrogen-bond donors (Lipinski definition) is 2. The van der Waals surface area contributed by atoms with E-state index < -0.39 is 5.54 Å². The Morgan fingerprint density at radius 3 is 2.26 bits per heavy atom. The zero-order valence-corrected chi connectivity index (χ0v) is 13.5. The molecule has 0 radical (unpaired) electrons. The fraction of sp³-hybridized carbons (Fsp3) is 0.933. The molecule has 0 bridgehead atoms. The minimum Gasteiger partial charge on any atom is -0.378 e. The highest BCUT2D eigenvalue weighted by molar-refractivity contribution is 5.84. The minimum atomic E-state index is -0.640. The van der Waals surface area contributed by atoms with Crippen LogP contribution >= 0.6 is 0 Å². The van der Waals surface area contributed by atoms with Crippen molar-refractivity contribution in [3.8, 4) is 0 Å². The molecule has 0 aromatic heterocycles. The Labute approximate surface area is 118 Å². The van der Waals surface area contributed by atoms with Crippen LogP contribution in [0.25, 0.3) is 0 Å².